The smallest absolute Gasteiger partial charge is 0.207 e. The van der Waals surface area contributed by atoms with Crippen molar-refractivity contribution in [1.82, 2.24) is 0 Å². The van der Waals surface area contributed by atoms with Gasteiger partial charge in [0.2, 0.25) is 11.5 Å². The van der Waals surface area contributed by atoms with E-state index in [-0.39, 0.29) is 24.4 Å². The van der Waals surface area contributed by atoms with Gasteiger partial charge in [-0.25, -0.2) is 0 Å². The molecule has 8 heteroatoms. The molecule has 286 valence electrons. The van der Waals surface area contributed by atoms with Crippen LogP contribution in [0.2, 0.25) is 0 Å². The van der Waals surface area contributed by atoms with Crippen LogP contribution in [-0.2, 0) is 15.9 Å². The number of methoxy groups -OCH3 is 4. The zero-order valence-electron chi connectivity index (χ0n) is 32.4. The summed E-state index contributed by atoms with van der Waals surface area (Å²) in [5.74, 6) is 15.1. The summed E-state index contributed by atoms with van der Waals surface area (Å²) in [4.78, 5) is 0. The van der Waals surface area contributed by atoms with Gasteiger partial charge >= 0.3 is 0 Å². The van der Waals surface area contributed by atoms with Crippen LogP contribution in [0.5, 0.6) is 23.0 Å². The van der Waals surface area contributed by atoms with Gasteiger partial charge in [0, 0.05) is 30.4 Å². The van der Waals surface area contributed by atoms with Crippen molar-refractivity contribution in [2.45, 2.75) is 172 Å². The Kier molecular flexibility index (Phi) is 20.3. The predicted molar refractivity (Wildman–Crippen MR) is 204 cm³/mol. The van der Waals surface area contributed by atoms with Crippen LogP contribution < -0.4 is 18.9 Å². The van der Waals surface area contributed by atoms with E-state index in [1.54, 1.807) is 28.4 Å². The van der Waals surface area contributed by atoms with Crippen LogP contribution in [0.3, 0.4) is 0 Å². The van der Waals surface area contributed by atoms with Gasteiger partial charge in [-0.3, -0.25) is 0 Å². The maximum atomic E-state index is 10.7. The highest BCUT2D eigenvalue weighted by Gasteiger charge is 2.40. The van der Waals surface area contributed by atoms with Crippen LogP contribution in [0.4, 0.5) is 0 Å². The molecule has 0 radical (unpaired) electrons. The Morgan fingerprint density at radius 3 is 1.84 bits per heavy atom. The first-order chi connectivity index (χ1) is 24.9. The monoisotopic (exact) mass is 710 g/mol. The minimum Gasteiger partial charge on any atom is -0.492 e. The molecule has 0 spiro atoms. The molecule has 6 atom stereocenters. The van der Waals surface area contributed by atoms with Crippen molar-refractivity contribution in [2.24, 2.45) is 0 Å². The third-order valence-electron chi connectivity index (χ3n) is 10.2. The van der Waals surface area contributed by atoms with Gasteiger partial charge in [0.05, 0.1) is 65.1 Å². The third kappa shape index (κ3) is 13.6. The number of rotatable bonds is 22. The second kappa shape index (κ2) is 24.4. The molecule has 1 aromatic rings. The summed E-state index contributed by atoms with van der Waals surface area (Å²) in [6.45, 7) is 4.26. The molecule has 3 rings (SSSR count). The summed E-state index contributed by atoms with van der Waals surface area (Å²) in [6.07, 6.45) is 21.2. The van der Waals surface area contributed by atoms with Crippen molar-refractivity contribution in [3.8, 4) is 46.7 Å². The highest BCUT2D eigenvalue weighted by atomic mass is 16.6. The highest BCUT2D eigenvalue weighted by Crippen LogP contribution is 2.49. The SMILES string of the molecule is CCCCCCCC#CC[C@@H](O)[C@H]1CC[C@H]([C@H]2CC[C@H]([C@H](O)CC#C/C=C/CCCCCCCc3c(C)c(OC)c(OC)c(OC)c3OC)O2)O1. The molecule has 2 aliphatic heterocycles. The molecule has 51 heavy (non-hydrogen) atoms. The van der Waals surface area contributed by atoms with Gasteiger partial charge in [-0.1, -0.05) is 69.8 Å². The van der Waals surface area contributed by atoms with E-state index < -0.39 is 12.2 Å². The van der Waals surface area contributed by atoms with E-state index in [0.717, 1.165) is 87.5 Å². The van der Waals surface area contributed by atoms with E-state index >= 15 is 0 Å². The zero-order chi connectivity index (χ0) is 36.8. The topological polar surface area (TPSA) is 95.8 Å². The van der Waals surface area contributed by atoms with Crippen molar-refractivity contribution in [1.29, 1.82) is 0 Å². The summed E-state index contributed by atoms with van der Waals surface area (Å²) in [5, 5.41) is 21.3. The minimum atomic E-state index is -0.611. The van der Waals surface area contributed by atoms with Gasteiger partial charge in [0.15, 0.2) is 11.5 Å². The van der Waals surface area contributed by atoms with E-state index in [0.29, 0.717) is 30.1 Å². The Hall–Kier alpha value is -2.88. The van der Waals surface area contributed by atoms with E-state index in [1.807, 2.05) is 13.0 Å². The molecule has 0 aromatic heterocycles. The fraction of sp³-hybridized carbons (Fsp3) is 0.721. The molecular weight excluding hydrogens is 644 g/mol. The van der Waals surface area contributed by atoms with Crippen molar-refractivity contribution in [3.05, 3.63) is 23.3 Å². The summed E-state index contributed by atoms with van der Waals surface area (Å²) >= 11 is 0. The largest absolute Gasteiger partial charge is 0.492 e. The number of hydrogen-bond acceptors (Lipinski definition) is 8. The lowest BCUT2D eigenvalue weighted by Crippen LogP contribution is -2.33. The van der Waals surface area contributed by atoms with Crippen LogP contribution in [0.1, 0.15) is 134 Å². The summed E-state index contributed by atoms with van der Waals surface area (Å²) < 4.78 is 34.9. The van der Waals surface area contributed by atoms with Crippen molar-refractivity contribution >= 4 is 0 Å². The fourth-order valence-electron chi connectivity index (χ4n) is 7.25. The Morgan fingerprint density at radius 2 is 1.22 bits per heavy atom. The lowest BCUT2D eigenvalue weighted by atomic mass is 9.98. The number of aliphatic hydroxyl groups is 2. The molecule has 8 nitrogen and oxygen atoms in total. The molecule has 2 fully saturated rings. The Balaban J connectivity index is 1.26. The molecule has 2 heterocycles. The molecule has 0 aliphatic carbocycles. The molecule has 2 saturated heterocycles. The number of aliphatic hydroxyl groups excluding tert-OH is 2. The molecule has 0 unspecified atom stereocenters. The van der Waals surface area contributed by atoms with E-state index in [4.69, 9.17) is 28.4 Å². The van der Waals surface area contributed by atoms with Gasteiger partial charge in [-0.15, -0.1) is 11.8 Å². The predicted octanol–water partition coefficient (Wildman–Crippen LogP) is 8.43. The van der Waals surface area contributed by atoms with Gasteiger partial charge in [-0.05, 0) is 70.8 Å². The normalized spacial score (nSPS) is 21.1. The van der Waals surface area contributed by atoms with Crippen LogP contribution >= 0.6 is 0 Å². The fourth-order valence-corrected chi connectivity index (χ4v) is 7.25. The lowest BCUT2D eigenvalue weighted by molar-refractivity contribution is -0.107. The van der Waals surface area contributed by atoms with Gasteiger partial charge in [-0.2, -0.15) is 0 Å². The van der Waals surface area contributed by atoms with E-state index in [1.165, 1.54) is 38.5 Å². The molecule has 1 aromatic carbocycles. The number of ether oxygens (including phenoxy) is 6. The quantitative estimate of drug-likeness (QED) is 0.0915. The molecule has 2 N–H and O–H groups in total. The average molecular weight is 711 g/mol. The van der Waals surface area contributed by atoms with Crippen molar-refractivity contribution in [3.63, 3.8) is 0 Å². The zero-order valence-corrected chi connectivity index (χ0v) is 32.4. The first-order valence-electron chi connectivity index (χ1n) is 19.5. The van der Waals surface area contributed by atoms with Gasteiger partial charge < -0.3 is 38.6 Å². The summed E-state index contributed by atoms with van der Waals surface area (Å²) in [6, 6.07) is 0. The Morgan fingerprint density at radius 1 is 0.667 bits per heavy atom. The van der Waals surface area contributed by atoms with Crippen LogP contribution in [0, 0.1) is 30.6 Å². The molecule has 0 bridgehead atoms. The number of hydrogen-bond donors (Lipinski definition) is 2. The molecule has 2 aliphatic rings. The van der Waals surface area contributed by atoms with E-state index in [2.05, 4.69) is 36.7 Å². The van der Waals surface area contributed by atoms with Crippen LogP contribution in [0.25, 0.3) is 0 Å². The second-order valence-electron chi connectivity index (χ2n) is 13.9. The number of benzene rings is 1. The third-order valence-corrected chi connectivity index (χ3v) is 10.2. The van der Waals surface area contributed by atoms with E-state index in [9.17, 15) is 10.2 Å². The van der Waals surface area contributed by atoms with Crippen molar-refractivity contribution < 1.29 is 38.6 Å². The number of unbranched alkanes of at least 4 members (excludes halogenated alkanes) is 10. The molecular formula is C43H66O8. The maximum absolute atomic E-state index is 10.7. The van der Waals surface area contributed by atoms with Gasteiger partial charge in [0.1, 0.15) is 0 Å². The summed E-state index contributed by atoms with van der Waals surface area (Å²) in [7, 11) is 6.54. The van der Waals surface area contributed by atoms with Crippen molar-refractivity contribution in [2.75, 3.05) is 28.4 Å². The Bertz CT molecular complexity index is 1300. The average Bonchev–Trinajstić information content (AvgIpc) is 3.84. The Labute approximate surface area is 309 Å². The maximum Gasteiger partial charge on any atom is 0.207 e. The second-order valence-corrected chi connectivity index (χ2v) is 13.9. The number of allylic oxidation sites excluding steroid dienone is 2. The lowest BCUT2D eigenvalue weighted by Gasteiger charge is -2.23. The first-order valence-corrected chi connectivity index (χ1v) is 19.5. The summed E-state index contributed by atoms with van der Waals surface area (Å²) in [5.41, 5.74) is 2.13. The molecule has 0 amide bonds. The van der Waals surface area contributed by atoms with Crippen LogP contribution in [0.15, 0.2) is 12.2 Å². The van der Waals surface area contributed by atoms with Gasteiger partial charge in [0.25, 0.3) is 0 Å². The minimum absolute atomic E-state index is 0.0307. The molecule has 0 saturated carbocycles. The van der Waals surface area contributed by atoms with Crippen LogP contribution in [-0.4, -0.2) is 75.3 Å². The highest BCUT2D eigenvalue weighted by molar-refractivity contribution is 5.66. The first kappa shape index (κ1) is 42.5. The standard InChI is InChI=1S/C43H66O8/c1-7-8-9-10-11-17-20-23-26-34(44)36-28-30-38(50-36)39-31-29-37(51-39)35(45)27-24-21-18-15-13-12-14-16-19-22-25-33-32(2)40(46-3)42(48-5)43(49-6)41(33)47-4/h15,18,34-39,44-45H,7-14,16-17,19,22,25-31H2,1-6H3/b18-15+/t34-,35-,36-,37-,38-,39-/m1/s1.